The highest BCUT2D eigenvalue weighted by molar-refractivity contribution is 7.99. The molecule has 4 aromatic rings. The molecule has 0 fully saturated rings. The van der Waals surface area contributed by atoms with Gasteiger partial charge in [0.1, 0.15) is 11.6 Å². The van der Waals surface area contributed by atoms with Gasteiger partial charge in [0.05, 0.1) is 36.6 Å². The maximum Gasteiger partial charge on any atom is 0.266 e. The topological polar surface area (TPSA) is 82.5 Å². The summed E-state index contributed by atoms with van der Waals surface area (Å²) in [5.74, 6) is -1.37. The number of aromatic nitrogens is 2. The van der Waals surface area contributed by atoms with Crippen molar-refractivity contribution in [3.63, 3.8) is 0 Å². The van der Waals surface area contributed by atoms with Crippen LogP contribution < -0.4 is 20.3 Å². The number of carbonyl (C=O) groups excluding carboxylic acids is 1. The van der Waals surface area contributed by atoms with E-state index in [-0.39, 0.29) is 22.2 Å². The number of nitrogens with one attached hydrogen (secondary N) is 1. The summed E-state index contributed by atoms with van der Waals surface area (Å²) in [6.07, 6.45) is 0. The Labute approximate surface area is 197 Å². The van der Waals surface area contributed by atoms with Crippen LogP contribution in [-0.2, 0) is 4.79 Å². The van der Waals surface area contributed by atoms with Crippen molar-refractivity contribution in [2.24, 2.45) is 0 Å². The van der Waals surface area contributed by atoms with Crippen LogP contribution in [0, 0.1) is 11.6 Å². The highest BCUT2D eigenvalue weighted by Gasteiger charge is 2.17. The lowest BCUT2D eigenvalue weighted by molar-refractivity contribution is -0.113. The van der Waals surface area contributed by atoms with Crippen LogP contribution in [0.3, 0.4) is 0 Å². The number of amides is 1. The van der Waals surface area contributed by atoms with E-state index in [0.717, 1.165) is 23.9 Å². The molecule has 7 nitrogen and oxygen atoms in total. The Kier molecular flexibility index (Phi) is 6.78. The van der Waals surface area contributed by atoms with E-state index < -0.39 is 17.5 Å². The third-order valence-corrected chi connectivity index (χ3v) is 5.79. The molecule has 0 bridgehead atoms. The number of para-hydroxylation sites is 1. The molecular formula is C24H19F2N3O4S. The lowest BCUT2D eigenvalue weighted by Crippen LogP contribution is -2.23. The van der Waals surface area contributed by atoms with Gasteiger partial charge in [-0.25, -0.2) is 13.8 Å². The molecule has 0 unspecified atom stereocenters. The third-order valence-electron chi connectivity index (χ3n) is 4.85. The molecule has 1 aromatic heterocycles. The van der Waals surface area contributed by atoms with E-state index in [0.29, 0.717) is 34.2 Å². The zero-order valence-electron chi connectivity index (χ0n) is 18.2. The number of anilines is 1. The fourth-order valence-electron chi connectivity index (χ4n) is 3.35. The normalized spacial score (nSPS) is 10.8. The molecule has 3 aromatic carbocycles. The Hall–Kier alpha value is -3.92. The first kappa shape index (κ1) is 23.2. The molecular weight excluding hydrogens is 464 g/mol. The molecule has 0 spiro atoms. The Bertz CT molecular complexity index is 1420. The molecule has 0 aliphatic carbocycles. The fraction of sp³-hybridized carbons (Fsp3) is 0.125. The van der Waals surface area contributed by atoms with Gasteiger partial charge in [-0.2, -0.15) is 0 Å². The maximum atomic E-state index is 13.4. The van der Waals surface area contributed by atoms with Gasteiger partial charge in [0.25, 0.3) is 5.56 Å². The van der Waals surface area contributed by atoms with Crippen molar-refractivity contribution in [1.29, 1.82) is 0 Å². The quantitative estimate of drug-likeness (QED) is 0.310. The number of benzene rings is 3. The minimum atomic E-state index is -0.804. The predicted octanol–water partition coefficient (Wildman–Crippen LogP) is 4.41. The predicted molar refractivity (Wildman–Crippen MR) is 126 cm³/mol. The molecule has 0 aliphatic rings. The number of nitrogens with zero attached hydrogens (tertiary/aromatic N) is 2. The molecule has 0 atom stereocenters. The van der Waals surface area contributed by atoms with Gasteiger partial charge in [-0.05, 0) is 36.4 Å². The number of halogens is 2. The van der Waals surface area contributed by atoms with E-state index in [2.05, 4.69) is 10.3 Å². The number of fused-ring (bicyclic) bond motifs is 1. The van der Waals surface area contributed by atoms with Crippen molar-refractivity contribution in [2.45, 2.75) is 5.16 Å². The lowest BCUT2D eigenvalue weighted by Gasteiger charge is -2.15. The van der Waals surface area contributed by atoms with Gasteiger partial charge in [0, 0.05) is 17.8 Å². The second-order valence-electron chi connectivity index (χ2n) is 7.09. The Morgan fingerprint density at radius 2 is 1.71 bits per heavy atom. The number of ether oxygens (including phenoxy) is 2. The summed E-state index contributed by atoms with van der Waals surface area (Å²) < 4.78 is 38.8. The summed E-state index contributed by atoms with van der Waals surface area (Å²) in [4.78, 5) is 30.4. The summed E-state index contributed by atoms with van der Waals surface area (Å²) in [7, 11) is 2.99. The van der Waals surface area contributed by atoms with Crippen LogP contribution >= 0.6 is 11.8 Å². The van der Waals surface area contributed by atoms with E-state index in [9.17, 15) is 18.4 Å². The van der Waals surface area contributed by atoms with Gasteiger partial charge >= 0.3 is 0 Å². The molecule has 1 heterocycles. The molecule has 0 saturated heterocycles. The largest absolute Gasteiger partial charge is 0.493 e. The number of hydrogen-bond donors (Lipinski definition) is 1. The minimum Gasteiger partial charge on any atom is -0.493 e. The smallest absolute Gasteiger partial charge is 0.266 e. The van der Waals surface area contributed by atoms with Crippen LogP contribution in [0.15, 0.2) is 70.6 Å². The number of carbonyl (C=O) groups is 1. The van der Waals surface area contributed by atoms with Gasteiger partial charge in [0.2, 0.25) is 5.91 Å². The number of methoxy groups -OCH3 is 2. The number of rotatable bonds is 7. The van der Waals surface area contributed by atoms with Crippen LogP contribution in [-0.4, -0.2) is 35.4 Å². The van der Waals surface area contributed by atoms with Crippen molar-refractivity contribution in [3.05, 3.63) is 82.7 Å². The van der Waals surface area contributed by atoms with Crippen molar-refractivity contribution >= 4 is 34.3 Å². The zero-order valence-corrected chi connectivity index (χ0v) is 19.0. The van der Waals surface area contributed by atoms with Crippen LogP contribution in [0.2, 0.25) is 0 Å². The third kappa shape index (κ3) is 4.86. The minimum absolute atomic E-state index is 0.00754. The molecule has 174 valence electrons. The molecule has 0 aliphatic heterocycles. The first-order valence-electron chi connectivity index (χ1n) is 10.0. The van der Waals surface area contributed by atoms with Crippen molar-refractivity contribution < 1.29 is 23.0 Å². The number of hydrogen-bond acceptors (Lipinski definition) is 6. The lowest BCUT2D eigenvalue weighted by atomic mass is 10.2. The summed E-state index contributed by atoms with van der Waals surface area (Å²) in [5.41, 5.74) is 0.607. The van der Waals surface area contributed by atoms with Crippen molar-refractivity contribution in [1.82, 2.24) is 9.55 Å². The molecule has 4 rings (SSSR count). The Morgan fingerprint density at radius 3 is 2.41 bits per heavy atom. The second kappa shape index (κ2) is 9.92. The van der Waals surface area contributed by atoms with Gasteiger partial charge < -0.3 is 14.8 Å². The standard InChI is InChI=1S/C24H19F2N3O4S/c1-32-20-8-7-17(12-21(20)33-2)29-23(31)18-5-3-4-6-19(18)28-24(29)34-13-22(30)27-16-10-14(25)9-15(26)11-16/h3-12H,13H2,1-2H3,(H,27,30). The first-order valence-corrected chi connectivity index (χ1v) is 11.0. The summed E-state index contributed by atoms with van der Waals surface area (Å²) in [5, 5.41) is 3.11. The van der Waals surface area contributed by atoms with E-state index in [1.165, 1.54) is 18.8 Å². The Morgan fingerprint density at radius 1 is 1.00 bits per heavy atom. The van der Waals surface area contributed by atoms with E-state index in [1.807, 2.05) is 0 Å². The average Bonchev–Trinajstić information content (AvgIpc) is 2.82. The van der Waals surface area contributed by atoms with Crippen molar-refractivity contribution in [2.75, 3.05) is 25.3 Å². The van der Waals surface area contributed by atoms with Crippen molar-refractivity contribution in [3.8, 4) is 17.2 Å². The highest BCUT2D eigenvalue weighted by Crippen LogP contribution is 2.30. The van der Waals surface area contributed by atoms with E-state index >= 15 is 0 Å². The first-order chi connectivity index (χ1) is 16.4. The molecule has 0 saturated carbocycles. The van der Waals surface area contributed by atoms with Crippen LogP contribution in [0.4, 0.5) is 14.5 Å². The average molecular weight is 483 g/mol. The van der Waals surface area contributed by atoms with Gasteiger partial charge in [-0.15, -0.1) is 0 Å². The summed E-state index contributed by atoms with van der Waals surface area (Å²) >= 11 is 1.01. The fourth-order valence-corrected chi connectivity index (χ4v) is 4.17. The van der Waals surface area contributed by atoms with Gasteiger partial charge in [-0.1, -0.05) is 23.9 Å². The van der Waals surface area contributed by atoms with Crippen LogP contribution in [0.1, 0.15) is 0 Å². The van der Waals surface area contributed by atoms with Crippen LogP contribution in [0.5, 0.6) is 11.5 Å². The molecule has 0 radical (unpaired) electrons. The van der Waals surface area contributed by atoms with Crippen LogP contribution in [0.25, 0.3) is 16.6 Å². The van der Waals surface area contributed by atoms with E-state index in [1.54, 1.807) is 42.5 Å². The highest BCUT2D eigenvalue weighted by atomic mass is 32.2. The molecule has 1 N–H and O–H groups in total. The number of thioether (sulfide) groups is 1. The second-order valence-corrected chi connectivity index (χ2v) is 8.03. The maximum absolute atomic E-state index is 13.4. The SMILES string of the molecule is COc1ccc(-n2c(SCC(=O)Nc3cc(F)cc(F)c3)nc3ccccc3c2=O)cc1OC. The molecule has 34 heavy (non-hydrogen) atoms. The summed E-state index contributed by atoms with van der Waals surface area (Å²) in [6, 6.07) is 14.6. The molecule has 1 amide bonds. The monoisotopic (exact) mass is 483 g/mol. The van der Waals surface area contributed by atoms with Gasteiger partial charge in [-0.3, -0.25) is 14.2 Å². The van der Waals surface area contributed by atoms with Gasteiger partial charge in [0.15, 0.2) is 16.7 Å². The molecule has 10 heteroatoms. The Balaban J connectivity index is 1.70. The zero-order chi connectivity index (χ0) is 24.2. The van der Waals surface area contributed by atoms with E-state index in [4.69, 9.17) is 9.47 Å². The summed E-state index contributed by atoms with van der Waals surface area (Å²) in [6.45, 7) is 0.